The van der Waals surface area contributed by atoms with E-state index < -0.39 is 5.97 Å². The highest BCUT2D eigenvalue weighted by Crippen LogP contribution is 2.23. The van der Waals surface area contributed by atoms with Gasteiger partial charge in [-0.1, -0.05) is 0 Å². The fourth-order valence-electron chi connectivity index (χ4n) is 2.35. The zero-order valence-electron chi connectivity index (χ0n) is 10.7. The van der Waals surface area contributed by atoms with E-state index in [0.29, 0.717) is 12.5 Å². The highest BCUT2D eigenvalue weighted by molar-refractivity contribution is 5.66. The van der Waals surface area contributed by atoms with Crippen molar-refractivity contribution in [1.29, 1.82) is 0 Å². The van der Waals surface area contributed by atoms with Gasteiger partial charge in [-0.05, 0) is 34.1 Å². The summed E-state index contributed by atoms with van der Waals surface area (Å²) < 4.78 is 5.82. The molecule has 0 aromatic heterocycles. The Labute approximate surface area is 97.6 Å². The summed E-state index contributed by atoms with van der Waals surface area (Å²) in [5.74, 6) is -0.715. The Morgan fingerprint density at radius 2 is 2.25 bits per heavy atom. The lowest BCUT2D eigenvalue weighted by Gasteiger charge is -2.44. The first-order chi connectivity index (χ1) is 7.30. The number of nitrogens with zero attached hydrogens (tertiary/aromatic N) is 1. The zero-order valence-corrected chi connectivity index (χ0v) is 10.7. The van der Waals surface area contributed by atoms with E-state index in [0.717, 1.165) is 13.1 Å². The van der Waals surface area contributed by atoms with Crippen molar-refractivity contribution < 1.29 is 14.6 Å². The summed E-state index contributed by atoms with van der Waals surface area (Å²) in [6, 6.07) is 0.307. The lowest BCUT2D eigenvalue weighted by molar-refractivity contribution is -0.141. The van der Waals surface area contributed by atoms with Gasteiger partial charge in [0.05, 0.1) is 11.7 Å². The molecule has 0 aromatic rings. The maximum Gasteiger partial charge on any atom is 0.303 e. The number of carbonyl (C=O) groups is 1. The number of hydrogen-bond acceptors (Lipinski definition) is 3. The van der Waals surface area contributed by atoms with E-state index in [2.05, 4.69) is 32.6 Å². The Morgan fingerprint density at radius 3 is 2.75 bits per heavy atom. The molecule has 1 rings (SSSR count). The molecule has 1 N–H and O–H groups in total. The molecule has 1 aliphatic rings. The zero-order chi connectivity index (χ0) is 12.3. The summed E-state index contributed by atoms with van der Waals surface area (Å²) in [6.07, 6.45) is 1.17. The van der Waals surface area contributed by atoms with Crippen LogP contribution in [0.25, 0.3) is 0 Å². The standard InChI is InChI=1S/C12H23NO3/c1-9(5-6-11(14)15)13-7-10(2)16-12(3,4)8-13/h9-10H,5-8H2,1-4H3,(H,14,15). The molecule has 2 atom stereocenters. The molecule has 1 aliphatic heterocycles. The van der Waals surface area contributed by atoms with Crippen molar-refractivity contribution in [2.24, 2.45) is 0 Å². The van der Waals surface area contributed by atoms with Gasteiger partial charge in [0.2, 0.25) is 0 Å². The first-order valence-corrected chi connectivity index (χ1v) is 5.94. The monoisotopic (exact) mass is 229 g/mol. The van der Waals surface area contributed by atoms with Crippen molar-refractivity contribution in [2.45, 2.75) is 58.3 Å². The van der Waals surface area contributed by atoms with Crippen molar-refractivity contribution in [3.05, 3.63) is 0 Å². The minimum absolute atomic E-state index is 0.130. The first-order valence-electron chi connectivity index (χ1n) is 5.94. The topological polar surface area (TPSA) is 49.8 Å². The second kappa shape index (κ2) is 5.15. The van der Waals surface area contributed by atoms with Gasteiger partial charge in [0, 0.05) is 25.6 Å². The maximum atomic E-state index is 10.5. The number of morpholine rings is 1. The quantitative estimate of drug-likeness (QED) is 0.797. The highest BCUT2D eigenvalue weighted by atomic mass is 16.5. The van der Waals surface area contributed by atoms with Gasteiger partial charge < -0.3 is 9.84 Å². The molecule has 0 saturated carbocycles. The van der Waals surface area contributed by atoms with Crippen LogP contribution in [0.3, 0.4) is 0 Å². The Morgan fingerprint density at radius 1 is 1.62 bits per heavy atom. The maximum absolute atomic E-state index is 10.5. The minimum atomic E-state index is -0.715. The Hall–Kier alpha value is -0.610. The second-order valence-corrected chi connectivity index (χ2v) is 5.40. The molecule has 4 heteroatoms. The van der Waals surface area contributed by atoms with Gasteiger partial charge in [-0.25, -0.2) is 0 Å². The number of hydrogen-bond donors (Lipinski definition) is 1. The fourth-order valence-corrected chi connectivity index (χ4v) is 2.35. The highest BCUT2D eigenvalue weighted by Gasteiger charge is 2.33. The van der Waals surface area contributed by atoms with Crippen molar-refractivity contribution in [3.63, 3.8) is 0 Å². The normalized spacial score (nSPS) is 27.6. The van der Waals surface area contributed by atoms with E-state index in [1.807, 2.05) is 0 Å². The van der Waals surface area contributed by atoms with Crippen molar-refractivity contribution in [1.82, 2.24) is 4.90 Å². The minimum Gasteiger partial charge on any atom is -0.481 e. The summed E-state index contributed by atoms with van der Waals surface area (Å²) in [7, 11) is 0. The van der Waals surface area contributed by atoms with E-state index in [-0.39, 0.29) is 18.1 Å². The van der Waals surface area contributed by atoms with Crippen LogP contribution >= 0.6 is 0 Å². The van der Waals surface area contributed by atoms with Crippen LogP contribution in [0.4, 0.5) is 0 Å². The van der Waals surface area contributed by atoms with Gasteiger partial charge in [-0.3, -0.25) is 9.69 Å². The van der Waals surface area contributed by atoms with Crippen LogP contribution in [0, 0.1) is 0 Å². The molecule has 94 valence electrons. The van der Waals surface area contributed by atoms with Gasteiger partial charge in [0.25, 0.3) is 0 Å². The third kappa shape index (κ3) is 4.10. The first kappa shape index (κ1) is 13.5. The predicted octanol–water partition coefficient (Wildman–Crippen LogP) is 1.74. The predicted molar refractivity (Wildman–Crippen MR) is 62.5 cm³/mol. The Balaban J connectivity index is 2.48. The van der Waals surface area contributed by atoms with Crippen LogP contribution in [0.1, 0.15) is 40.5 Å². The molecule has 0 radical (unpaired) electrons. The van der Waals surface area contributed by atoms with E-state index in [4.69, 9.17) is 9.84 Å². The average Bonchev–Trinajstić information content (AvgIpc) is 2.10. The fraction of sp³-hybridized carbons (Fsp3) is 0.917. The molecular weight excluding hydrogens is 206 g/mol. The van der Waals surface area contributed by atoms with Crippen LogP contribution < -0.4 is 0 Å². The molecular formula is C12H23NO3. The van der Waals surface area contributed by atoms with Gasteiger partial charge in [0.1, 0.15) is 0 Å². The Bertz CT molecular complexity index is 253. The molecule has 1 fully saturated rings. The number of carboxylic acid groups (broad SMARTS) is 1. The van der Waals surface area contributed by atoms with Crippen molar-refractivity contribution in [3.8, 4) is 0 Å². The van der Waals surface area contributed by atoms with Gasteiger partial charge in [0.15, 0.2) is 0 Å². The summed E-state index contributed by atoms with van der Waals surface area (Å²) in [6.45, 7) is 10.1. The third-order valence-electron chi connectivity index (χ3n) is 3.00. The molecule has 0 spiro atoms. The molecule has 16 heavy (non-hydrogen) atoms. The van der Waals surface area contributed by atoms with Gasteiger partial charge in [-0.15, -0.1) is 0 Å². The van der Waals surface area contributed by atoms with Crippen molar-refractivity contribution >= 4 is 5.97 Å². The molecule has 0 aliphatic carbocycles. The average molecular weight is 229 g/mol. The van der Waals surface area contributed by atoms with E-state index in [9.17, 15) is 4.79 Å². The SMILES string of the molecule is CC1CN(C(C)CCC(=O)O)CC(C)(C)O1. The van der Waals surface area contributed by atoms with Crippen LogP contribution in [-0.4, -0.2) is 46.8 Å². The summed E-state index contributed by atoms with van der Waals surface area (Å²) in [5.41, 5.74) is -0.130. The summed E-state index contributed by atoms with van der Waals surface area (Å²) in [5, 5.41) is 8.67. The van der Waals surface area contributed by atoms with E-state index >= 15 is 0 Å². The lowest BCUT2D eigenvalue weighted by Crippen LogP contribution is -2.54. The summed E-state index contributed by atoms with van der Waals surface area (Å²) >= 11 is 0. The number of carboxylic acids is 1. The molecule has 1 saturated heterocycles. The molecule has 0 amide bonds. The summed E-state index contributed by atoms with van der Waals surface area (Å²) in [4.78, 5) is 12.9. The van der Waals surface area contributed by atoms with Crippen LogP contribution in [-0.2, 0) is 9.53 Å². The van der Waals surface area contributed by atoms with E-state index in [1.165, 1.54) is 0 Å². The van der Waals surface area contributed by atoms with Crippen LogP contribution in [0.15, 0.2) is 0 Å². The Kier molecular flexibility index (Phi) is 4.33. The molecule has 0 bridgehead atoms. The van der Waals surface area contributed by atoms with Crippen molar-refractivity contribution in [2.75, 3.05) is 13.1 Å². The molecule has 2 unspecified atom stereocenters. The van der Waals surface area contributed by atoms with E-state index in [1.54, 1.807) is 0 Å². The smallest absolute Gasteiger partial charge is 0.303 e. The number of rotatable bonds is 4. The number of aliphatic carboxylic acids is 1. The van der Waals surface area contributed by atoms with Gasteiger partial charge in [-0.2, -0.15) is 0 Å². The molecule has 0 aromatic carbocycles. The molecule has 4 nitrogen and oxygen atoms in total. The molecule has 1 heterocycles. The van der Waals surface area contributed by atoms with Crippen LogP contribution in [0.2, 0.25) is 0 Å². The number of ether oxygens (including phenoxy) is 1. The van der Waals surface area contributed by atoms with Gasteiger partial charge >= 0.3 is 5.97 Å². The largest absolute Gasteiger partial charge is 0.481 e. The lowest BCUT2D eigenvalue weighted by atomic mass is 10.0. The third-order valence-corrected chi connectivity index (χ3v) is 3.00. The second-order valence-electron chi connectivity index (χ2n) is 5.40. The van der Waals surface area contributed by atoms with Crippen LogP contribution in [0.5, 0.6) is 0 Å².